The largest absolute Gasteiger partial charge is 0.553 e. The number of hydrogen-bond donors (Lipinski definition) is 0. The molecule has 1 atom stereocenters. The molecule has 0 saturated carbocycles. The van der Waals surface area contributed by atoms with Gasteiger partial charge < -0.3 is 5.21 Å². The molecule has 0 aliphatic carbocycles. The zero-order chi connectivity index (χ0) is 8.04. The Kier molecular flexibility index (Phi) is 3.85. The summed E-state index contributed by atoms with van der Waals surface area (Å²) in [5.41, 5.74) is 0. The van der Waals surface area contributed by atoms with Crippen molar-refractivity contribution < 1.29 is 14.7 Å². The summed E-state index contributed by atoms with van der Waals surface area (Å²) < 4.78 is 0. The first-order valence-corrected chi connectivity index (χ1v) is 2.93. The van der Waals surface area contributed by atoms with Crippen molar-refractivity contribution in [3.8, 4) is 0 Å². The van der Waals surface area contributed by atoms with Gasteiger partial charge in [0.05, 0.1) is 0 Å². The van der Waals surface area contributed by atoms with Crippen LogP contribution in [0.4, 0.5) is 0 Å². The van der Waals surface area contributed by atoms with Crippen molar-refractivity contribution in [3.63, 3.8) is 0 Å². The molecule has 0 aliphatic heterocycles. The van der Waals surface area contributed by atoms with Crippen molar-refractivity contribution in [2.45, 2.75) is 13.8 Å². The van der Waals surface area contributed by atoms with E-state index in [-0.39, 0.29) is 13.2 Å². The van der Waals surface area contributed by atoms with E-state index in [1.54, 1.807) is 6.92 Å². The highest BCUT2D eigenvalue weighted by molar-refractivity contribution is 4.11. The van der Waals surface area contributed by atoms with Gasteiger partial charge in [-0.05, 0) is 13.8 Å². The van der Waals surface area contributed by atoms with E-state index in [4.69, 9.17) is 0 Å². The molecule has 1 unspecified atom stereocenters. The number of rotatable bonds is 5. The highest BCUT2D eigenvalue weighted by atomic mass is 17.2. The molecule has 60 valence electrons. The molecule has 0 aromatic carbocycles. The van der Waals surface area contributed by atoms with Gasteiger partial charge in [0.25, 0.3) is 0 Å². The molecule has 0 bridgehead atoms. The molecule has 0 amide bonds. The summed E-state index contributed by atoms with van der Waals surface area (Å²) in [4.78, 5) is 16.3. The summed E-state index contributed by atoms with van der Waals surface area (Å²) in [5, 5.41) is 12.9. The molecular weight excluding hydrogens is 140 g/mol. The zero-order valence-electron chi connectivity index (χ0n) is 5.94. The Morgan fingerprint density at radius 1 is 1.60 bits per heavy atom. The minimum absolute atomic E-state index is 0.0143. The minimum atomic E-state index is -1.47. The van der Waals surface area contributed by atoms with Crippen LogP contribution in [-0.2, 0) is 9.78 Å². The maximum Gasteiger partial charge on any atom is 0.217 e. The van der Waals surface area contributed by atoms with Crippen LogP contribution >= 0.6 is 0 Å². The van der Waals surface area contributed by atoms with E-state index in [2.05, 4.69) is 9.78 Å². The highest BCUT2D eigenvalue weighted by Gasteiger charge is 2.18. The fraction of sp³-hybridized carbons (Fsp3) is 1.00. The van der Waals surface area contributed by atoms with Crippen LogP contribution in [0.25, 0.3) is 0 Å². The van der Waals surface area contributed by atoms with Gasteiger partial charge in [-0.1, -0.05) is 0 Å². The lowest BCUT2D eigenvalue weighted by Crippen LogP contribution is -2.39. The van der Waals surface area contributed by atoms with E-state index >= 15 is 0 Å². The Bertz CT molecular complexity index is 109. The van der Waals surface area contributed by atoms with Crippen LogP contribution in [0.2, 0.25) is 0 Å². The third kappa shape index (κ3) is 2.72. The van der Waals surface area contributed by atoms with Crippen LogP contribution < -0.4 is 0 Å². The Morgan fingerprint density at radius 2 is 2.20 bits per heavy atom. The van der Waals surface area contributed by atoms with Gasteiger partial charge in [-0.3, -0.25) is 0 Å². The molecule has 0 rings (SSSR count). The smallest absolute Gasteiger partial charge is 0.217 e. The lowest BCUT2D eigenvalue weighted by atomic mass is 10.8. The highest BCUT2D eigenvalue weighted by Crippen LogP contribution is 2.05. The first-order valence-electron chi connectivity index (χ1n) is 2.93. The van der Waals surface area contributed by atoms with E-state index in [0.29, 0.717) is 0 Å². The van der Waals surface area contributed by atoms with Gasteiger partial charge in [0.15, 0.2) is 6.54 Å². The van der Waals surface area contributed by atoms with Crippen LogP contribution in [0.15, 0.2) is 5.34 Å². The summed E-state index contributed by atoms with van der Waals surface area (Å²) >= 11 is 0. The lowest BCUT2D eigenvalue weighted by molar-refractivity contribution is -1.21. The summed E-state index contributed by atoms with van der Waals surface area (Å²) in [6, 6.07) is 0. The first kappa shape index (κ1) is 9.28. The van der Waals surface area contributed by atoms with Crippen molar-refractivity contribution in [2.24, 2.45) is 5.34 Å². The third-order valence-electron chi connectivity index (χ3n) is 0.871. The van der Waals surface area contributed by atoms with Crippen molar-refractivity contribution in [3.05, 3.63) is 10.1 Å². The molecule has 0 N–H and O–H groups in total. The predicted octanol–water partition coefficient (Wildman–Crippen LogP) is 0.885. The Labute approximate surface area is 58.3 Å². The van der Waals surface area contributed by atoms with E-state index in [1.807, 2.05) is 5.34 Å². The van der Waals surface area contributed by atoms with Crippen molar-refractivity contribution in [1.82, 2.24) is 0 Å². The number of hydroxylamine groups is 3. The molecule has 0 spiro atoms. The minimum Gasteiger partial charge on any atom is -0.553 e. The van der Waals surface area contributed by atoms with Crippen LogP contribution in [0.3, 0.4) is 0 Å². The van der Waals surface area contributed by atoms with E-state index in [1.165, 1.54) is 6.92 Å². The third-order valence-corrected chi connectivity index (χ3v) is 0.871. The fourth-order valence-corrected chi connectivity index (χ4v) is 0.420. The number of hydrogen-bond acceptors (Lipinski definition) is 5. The average Bonchev–Trinajstić information content (AvgIpc) is 1.89. The van der Waals surface area contributed by atoms with Gasteiger partial charge in [0, 0.05) is 4.97 Å². The summed E-state index contributed by atoms with van der Waals surface area (Å²) in [6.45, 7) is 3.30. The van der Waals surface area contributed by atoms with Crippen molar-refractivity contribution in [1.29, 1.82) is 0 Å². The maximum atomic E-state index is 10.9. The van der Waals surface area contributed by atoms with Crippen molar-refractivity contribution in [2.75, 3.05) is 13.2 Å². The van der Waals surface area contributed by atoms with Gasteiger partial charge in [0.2, 0.25) is 5.34 Å². The molecule has 0 aromatic rings. The molecule has 6 nitrogen and oxygen atoms in total. The summed E-state index contributed by atoms with van der Waals surface area (Å²) in [7, 11) is 0. The van der Waals surface area contributed by atoms with Gasteiger partial charge in [0.1, 0.15) is 6.61 Å². The first-order chi connectivity index (χ1) is 4.68. The standard InChI is InChI=1S/C4H10N2O4/c1-3-6(8,9-4-2)10-5-7/h3-4H2,1-2H3. The number of nitrogens with zero attached hydrogens (tertiary/aromatic N) is 2. The van der Waals surface area contributed by atoms with Gasteiger partial charge in [-0.15, -0.1) is 9.85 Å². The van der Waals surface area contributed by atoms with Gasteiger partial charge in [-0.2, -0.15) is 4.84 Å². The molecule has 0 saturated heterocycles. The van der Waals surface area contributed by atoms with Crippen LogP contribution in [0, 0.1) is 10.1 Å². The van der Waals surface area contributed by atoms with Crippen LogP contribution in [0.5, 0.6) is 0 Å². The SMILES string of the molecule is CCO[N+]([O-])(CC)ON=O. The van der Waals surface area contributed by atoms with E-state index in [9.17, 15) is 10.1 Å². The lowest BCUT2D eigenvalue weighted by Gasteiger charge is -2.28. The average molecular weight is 150 g/mol. The molecule has 10 heavy (non-hydrogen) atoms. The summed E-state index contributed by atoms with van der Waals surface area (Å²) in [6.07, 6.45) is 0. The summed E-state index contributed by atoms with van der Waals surface area (Å²) in [5.74, 6) is 0. The van der Waals surface area contributed by atoms with Gasteiger partial charge in [-0.25, -0.2) is 0 Å². The van der Waals surface area contributed by atoms with E-state index in [0.717, 1.165) is 0 Å². The molecule has 0 fully saturated rings. The maximum absolute atomic E-state index is 10.9. The molecule has 6 heteroatoms. The Morgan fingerprint density at radius 3 is 2.50 bits per heavy atom. The number of quaternary nitrogens is 1. The van der Waals surface area contributed by atoms with E-state index < -0.39 is 4.97 Å². The van der Waals surface area contributed by atoms with Gasteiger partial charge >= 0.3 is 0 Å². The molecule has 0 aromatic heterocycles. The predicted molar refractivity (Wildman–Crippen MR) is 32.7 cm³/mol. The Balaban J connectivity index is 3.80. The monoisotopic (exact) mass is 150 g/mol. The fourth-order valence-electron chi connectivity index (χ4n) is 0.420. The molecule has 0 aliphatic rings. The normalized spacial score (nSPS) is 15.9. The van der Waals surface area contributed by atoms with Crippen molar-refractivity contribution >= 4 is 0 Å². The van der Waals surface area contributed by atoms with Crippen LogP contribution in [-0.4, -0.2) is 18.1 Å². The molecular formula is C4H10N2O4. The second kappa shape index (κ2) is 4.15. The second-order valence-corrected chi connectivity index (χ2v) is 1.50. The molecule has 0 heterocycles. The second-order valence-electron chi connectivity index (χ2n) is 1.50. The van der Waals surface area contributed by atoms with Crippen LogP contribution in [0.1, 0.15) is 13.8 Å². The topological polar surface area (TPSA) is 70.9 Å². The zero-order valence-corrected chi connectivity index (χ0v) is 5.94. The quantitative estimate of drug-likeness (QED) is 0.331. The molecule has 0 radical (unpaired) electrons. The Hall–Kier alpha value is -0.720.